The Morgan fingerprint density at radius 2 is 1.55 bits per heavy atom. The molecule has 0 spiro atoms. The van der Waals surface area contributed by atoms with Gasteiger partial charge in [0.25, 0.3) is 0 Å². The van der Waals surface area contributed by atoms with E-state index in [-0.39, 0.29) is 0 Å². The summed E-state index contributed by atoms with van der Waals surface area (Å²) in [5.74, 6) is 1.37. The Kier molecular flexibility index (Phi) is 4.04. The quantitative estimate of drug-likeness (QED) is 0.607. The minimum absolute atomic E-state index is 0.646. The maximum atomic E-state index is 5.58. The van der Waals surface area contributed by atoms with Crippen molar-refractivity contribution in [1.82, 2.24) is 0 Å². The Balaban J connectivity index is 3.77. The Morgan fingerprint density at radius 3 is 1.82 bits per heavy atom. The molecular weight excluding hydrogens is 136 g/mol. The summed E-state index contributed by atoms with van der Waals surface area (Å²) >= 11 is 0. The van der Waals surface area contributed by atoms with Crippen molar-refractivity contribution in [2.45, 2.75) is 13.8 Å². The van der Waals surface area contributed by atoms with Crippen LogP contribution < -0.4 is 5.73 Å². The van der Waals surface area contributed by atoms with Crippen molar-refractivity contribution in [3.05, 3.63) is 0 Å². The average Bonchev–Trinajstić information content (AvgIpc) is 1.82. The van der Waals surface area contributed by atoms with Crippen LogP contribution in [-0.4, -0.2) is 38.7 Å². The van der Waals surface area contributed by atoms with Crippen molar-refractivity contribution in [3.63, 3.8) is 0 Å². The largest absolute Gasteiger partial charge is 0.331 e. The molecular formula is C9H23N2+. The van der Waals surface area contributed by atoms with E-state index in [0.29, 0.717) is 5.92 Å². The molecule has 0 bridgehead atoms. The summed E-state index contributed by atoms with van der Waals surface area (Å²) in [6, 6.07) is 0. The van der Waals surface area contributed by atoms with Crippen molar-refractivity contribution >= 4 is 0 Å². The van der Waals surface area contributed by atoms with Crippen LogP contribution in [0.4, 0.5) is 0 Å². The van der Waals surface area contributed by atoms with E-state index in [1.807, 2.05) is 0 Å². The van der Waals surface area contributed by atoms with E-state index in [4.69, 9.17) is 5.73 Å². The molecule has 2 N–H and O–H groups in total. The maximum absolute atomic E-state index is 5.58. The predicted octanol–water partition coefficient (Wildman–Crippen LogP) is 0.923. The number of rotatable bonds is 4. The van der Waals surface area contributed by atoms with E-state index < -0.39 is 0 Å². The minimum atomic E-state index is 0.646. The SMILES string of the molecule is CC(CN)C(C)C[N+](C)(C)C. The molecule has 0 aliphatic rings. The lowest BCUT2D eigenvalue weighted by atomic mass is 9.95. The zero-order chi connectivity index (χ0) is 9.07. The molecule has 0 amide bonds. The second-order valence-electron chi connectivity index (χ2n) is 4.66. The third-order valence-corrected chi connectivity index (χ3v) is 2.18. The zero-order valence-corrected chi connectivity index (χ0v) is 8.59. The van der Waals surface area contributed by atoms with E-state index in [1.165, 1.54) is 6.54 Å². The highest BCUT2D eigenvalue weighted by molar-refractivity contribution is 4.60. The molecule has 0 aliphatic carbocycles. The van der Waals surface area contributed by atoms with Gasteiger partial charge in [-0.3, -0.25) is 0 Å². The summed E-state index contributed by atoms with van der Waals surface area (Å²) in [5, 5.41) is 0. The summed E-state index contributed by atoms with van der Waals surface area (Å²) < 4.78 is 1.03. The van der Waals surface area contributed by atoms with Gasteiger partial charge in [0.1, 0.15) is 0 Å². The van der Waals surface area contributed by atoms with Gasteiger partial charge in [-0.1, -0.05) is 13.8 Å². The van der Waals surface area contributed by atoms with Crippen molar-refractivity contribution in [1.29, 1.82) is 0 Å². The zero-order valence-electron chi connectivity index (χ0n) is 8.59. The molecule has 0 radical (unpaired) electrons. The number of nitrogens with zero attached hydrogens (tertiary/aromatic N) is 1. The van der Waals surface area contributed by atoms with E-state index in [0.717, 1.165) is 16.9 Å². The number of quaternary nitrogens is 1. The highest BCUT2D eigenvalue weighted by Crippen LogP contribution is 2.12. The molecule has 0 heterocycles. The van der Waals surface area contributed by atoms with Crippen molar-refractivity contribution in [3.8, 4) is 0 Å². The lowest BCUT2D eigenvalue weighted by Crippen LogP contribution is -2.41. The lowest BCUT2D eigenvalue weighted by molar-refractivity contribution is -0.874. The first-order valence-electron chi connectivity index (χ1n) is 4.37. The summed E-state index contributed by atoms with van der Waals surface area (Å²) in [6.07, 6.45) is 0. The van der Waals surface area contributed by atoms with Gasteiger partial charge in [0.05, 0.1) is 27.7 Å². The van der Waals surface area contributed by atoms with Gasteiger partial charge in [-0.05, 0) is 12.5 Å². The van der Waals surface area contributed by atoms with Crippen molar-refractivity contribution < 1.29 is 4.48 Å². The number of nitrogens with two attached hydrogens (primary N) is 1. The molecule has 0 saturated carbocycles. The summed E-state index contributed by atoms with van der Waals surface area (Å²) in [5.41, 5.74) is 5.58. The van der Waals surface area contributed by atoms with E-state index in [2.05, 4.69) is 35.0 Å². The van der Waals surface area contributed by atoms with Gasteiger partial charge in [0.2, 0.25) is 0 Å². The van der Waals surface area contributed by atoms with Crippen LogP contribution in [0.25, 0.3) is 0 Å². The third-order valence-electron chi connectivity index (χ3n) is 2.18. The fraction of sp³-hybridized carbons (Fsp3) is 1.00. The van der Waals surface area contributed by atoms with Gasteiger partial charge < -0.3 is 10.2 Å². The molecule has 0 rings (SSSR count). The first-order valence-corrected chi connectivity index (χ1v) is 4.37. The van der Waals surface area contributed by atoms with Crippen LogP contribution in [0.5, 0.6) is 0 Å². The molecule has 0 aromatic carbocycles. The molecule has 0 aliphatic heterocycles. The van der Waals surface area contributed by atoms with Crippen LogP contribution >= 0.6 is 0 Å². The van der Waals surface area contributed by atoms with Gasteiger partial charge in [-0.2, -0.15) is 0 Å². The van der Waals surface area contributed by atoms with Gasteiger partial charge in [-0.15, -0.1) is 0 Å². The molecule has 2 nitrogen and oxygen atoms in total. The highest BCUT2D eigenvalue weighted by atomic mass is 15.3. The smallest absolute Gasteiger partial charge is 0.0809 e. The lowest BCUT2D eigenvalue weighted by Gasteiger charge is -2.29. The molecule has 2 unspecified atom stereocenters. The second-order valence-corrected chi connectivity index (χ2v) is 4.66. The summed E-state index contributed by atoms with van der Waals surface area (Å²) in [6.45, 7) is 6.51. The normalized spacial score (nSPS) is 18.0. The van der Waals surface area contributed by atoms with Crippen LogP contribution in [0, 0.1) is 11.8 Å². The second kappa shape index (κ2) is 4.07. The van der Waals surface area contributed by atoms with Crippen molar-refractivity contribution in [2.24, 2.45) is 17.6 Å². The van der Waals surface area contributed by atoms with E-state index in [1.54, 1.807) is 0 Å². The summed E-state index contributed by atoms with van der Waals surface area (Å²) in [4.78, 5) is 0. The molecule has 2 atom stereocenters. The van der Waals surface area contributed by atoms with Gasteiger partial charge in [0.15, 0.2) is 0 Å². The maximum Gasteiger partial charge on any atom is 0.0809 e. The standard InChI is InChI=1S/C9H23N2/c1-8(6-10)9(2)7-11(3,4)5/h8-9H,6-7,10H2,1-5H3/q+1. The molecule has 68 valence electrons. The van der Waals surface area contributed by atoms with E-state index >= 15 is 0 Å². The Bertz CT molecular complexity index is 105. The number of hydrogen-bond acceptors (Lipinski definition) is 1. The predicted molar refractivity (Wildman–Crippen MR) is 50.3 cm³/mol. The summed E-state index contributed by atoms with van der Waals surface area (Å²) in [7, 11) is 6.67. The fourth-order valence-electron chi connectivity index (χ4n) is 1.28. The first kappa shape index (κ1) is 10.9. The monoisotopic (exact) mass is 159 g/mol. The molecule has 0 aromatic rings. The number of hydrogen-bond donors (Lipinski definition) is 1. The average molecular weight is 159 g/mol. The molecule has 0 saturated heterocycles. The Morgan fingerprint density at radius 1 is 1.09 bits per heavy atom. The Hall–Kier alpha value is -0.0800. The van der Waals surface area contributed by atoms with Gasteiger partial charge in [0, 0.05) is 5.92 Å². The molecule has 2 heteroatoms. The van der Waals surface area contributed by atoms with Crippen LogP contribution in [0.3, 0.4) is 0 Å². The fourth-order valence-corrected chi connectivity index (χ4v) is 1.28. The van der Waals surface area contributed by atoms with Crippen LogP contribution in [0.2, 0.25) is 0 Å². The Labute approximate surface area is 71.0 Å². The first-order chi connectivity index (χ1) is 4.87. The topological polar surface area (TPSA) is 26.0 Å². The molecule has 0 fully saturated rings. The molecule has 0 aromatic heterocycles. The highest BCUT2D eigenvalue weighted by Gasteiger charge is 2.18. The van der Waals surface area contributed by atoms with E-state index in [9.17, 15) is 0 Å². The van der Waals surface area contributed by atoms with Gasteiger partial charge in [-0.25, -0.2) is 0 Å². The van der Waals surface area contributed by atoms with Gasteiger partial charge >= 0.3 is 0 Å². The molecule has 11 heavy (non-hydrogen) atoms. The van der Waals surface area contributed by atoms with Crippen LogP contribution in [0.15, 0.2) is 0 Å². The van der Waals surface area contributed by atoms with Crippen molar-refractivity contribution in [2.75, 3.05) is 34.2 Å². The van der Waals surface area contributed by atoms with Crippen LogP contribution in [0.1, 0.15) is 13.8 Å². The third kappa shape index (κ3) is 5.22. The van der Waals surface area contributed by atoms with Crippen LogP contribution in [-0.2, 0) is 0 Å². The minimum Gasteiger partial charge on any atom is -0.331 e.